The van der Waals surface area contributed by atoms with Gasteiger partial charge in [-0.2, -0.15) is 0 Å². The topological polar surface area (TPSA) is 34.1 Å². The second kappa shape index (κ2) is 5.83. The number of hydrogen-bond acceptors (Lipinski definition) is 3. The largest absolute Gasteiger partial charge is 0.496 e. The lowest BCUT2D eigenvalue weighted by atomic mass is 10.1. The number of aryl methyl sites for hydroxylation is 1. The predicted molar refractivity (Wildman–Crippen MR) is 86.8 cm³/mol. The van der Waals surface area contributed by atoms with Gasteiger partial charge in [0.25, 0.3) is 0 Å². The van der Waals surface area contributed by atoms with E-state index in [1.165, 1.54) is 10.9 Å². The number of methoxy groups -OCH3 is 1. The summed E-state index contributed by atoms with van der Waals surface area (Å²) >= 11 is 0. The number of hydrogen-bond donors (Lipinski definition) is 1. The molecule has 3 heteroatoms. The summed E-state index contributed by atoms with van der Waals surface area (Å²) < 4.78 is 5.42. The van der Waals surface area contributed by atoms with Gasteiger partial charge in [0, 0.05) is 35.6 Å². The number of anilines is 1. The van der Waals surface area contributed by atoms with Gasteiger partial charge in [0.2, 0.25) is 0 Å². The first-order valence-corrected chi connectivity index (χ1v) is 6.98. The van der Waals surface area contributed by atoms with Crippen LogP contribution in [0.5, 0.6) is 5.75 Å². The van der Waals surface area contributed by atoms with Crippen LogP contribution in [0.3, 0.4) is 0 Å². The molecule has 0 radical (unpaired) electrons. The van der Waals surface area contributed by atoms with Gasteiger partial charge in [0.05, 0.1) is 7.11 Å². The maximum atomic E-state index is 5.42. The van der Waals surface area contributed by atoms with Crippen molar-refractivity contribution >= 4 is 16.5 Å². The van der Waals surface area contributed by atoms with Gasteiger partial charge in [-0.1, -0.05) is 29.8 Å². The number of rotatable bonds is 4. The Balaban J connectivity index is 1.89. The van der Waals surface area contributed by atoms with Crippen molar-refractivity contribution in [1.29, 1.82) is 0 Å². The third-order valence-corrected chi connectivity index (χ3v) is 3.59. The lowest BCUT2D eigenvalue weighted by Gasteiger charge is -2.13. The smallest absolute Gasteiger partial charge is 0.123 e. The Morgan fingerprint density at radius 2 is 2.05 bits per heavy atom. The maximum absolute atomic E-state index is 5.42. The monoisotopic (exact) mass is 278 g/mol. The van der Waals surface area contributed by atoms with Crippen LogP contribution in [0.1, 0.15) is 11.1 Å². The van der Waals surface area contributed by atoms with Crippen LogP contribution in [0, 0.1) is 6.92 Å². The summed E-state index contributed by atoms with van der Waals surface area (Å²) in [4.78, 5) is 4.21. The highest BCUT2D eigenvalue weighted by Gasteiger charge is 2.05. The van der Waals surface area contributed by atoms with Crippen LogP contribution in [0.15, 0.2) is 54.9 Å². The Kier molecular flexibility index (Phi) is 3.73. The molecular weight excluding hydrogens is 260 g/mol. The zero-order valence-electron chi connectivity index (χ0n) is 12.3. The molecule has 0 bridgehead atoms. The van der Waals surface area contributed by atoms with Gasteiger partial charge in [-0.3, -0.25) is 4.98 Å². The molecule has 0 aliphatic rings. The molecular formula is C18H18N2O. The van der Waals surface area contributed by atoms with Crippen molar-refractivity contribution in [2.24, 2.45) is 0 Å². The van der Waals surface area contributed by atoms with Gasteiger partial charge < -0.3 is 10.1 Å². The van der Waals surface area contributed by atoms with E-state index in [9.17, 15) is 0 Å². The summed E-state index contributed by atoms with van der Waals surface area (Å²) in [5.41, 5.74) is 3.47. The third kappa shape index (κ3) is 2.82. The fraction of sp³-hybridized carbons (Fsp3) is 0.167. The highest BCUT2D eigenvalue weighted by molar-refractivity contribution is 5.93. The Hall–Kier alpha value is -2.55. The highest BCUT2D eigenvalue weighted by atomic mass is 16.5. The molecule has 106 valence electrons. The lowest BCUT2D eigenvalue weighted by molar-refractivity contribution is 0.410. The number of fused-ring (bicyclic) bond motifs is 1. The van der Waals surface area contributed by atoms with Crippen LogP contribution < -0.4 is 10.1 Å². The normalized spacial score (nSPS) is 10.6. The SMILES string of the molecule is COc1ccc(C)cc1CNc1cccc2ccncc12. The summed E-state index contributed by atoms with van der Waals surface area (Å²) in [6.07, 6.45) is 3.71. The lowest BCUT2D eigenvalue weighted by Crippen LogP contribution is -2.02. The van der Waals surface area contributed by atoms with Crippen molar-refractivity contribution < 1.29 is 4.74 Å². The van der Waals surface area contributed by atoms with Gasteiger partial charge >= 0.3 is 0 Å². The Morgan fingerprint density at radius 1 is 1.14 bits per heavy atom. The minimum absolute atomic E-state index is 0.721. The first kappa shape index (κ1) is 13.4. The molecule has 21 heavy (non-hydrogen) atoms. The van der Waals surface area contributed by atoms with Crippen molar-refractivity contribution in [3.8, 4) is 5.75 Å². The van der Waals surface area contributed by atoms with Gasteiger partial charge in [-0.05, 0) is 30.5 Å². The zero-order chi connectivity index (χ0) is 14.7. The average molecular weight is 278 g/mol. The first-order chi connectivity index (χ1) is 10.3. The van der Waals surface area contributed by atoms with Gasteiger partial charge in [-0.25, -0.2) is 0 Å². The van der Waals surface area contributed by atoms with Gasteiger partial charge in [0.1, 0.15) is 5.75 Å². The zero-order valence-corrected chi connectivity index (χ0v) is 12.3. The van der Waals surface area contributed by atoms with E-state index in [1.807, 2.05) is 24.5 Å². The fourth-order valence-electron chi connectivity index (χ4n) is 2.50. The highest BCUT2D eigenvalue weighted by Crippen LogP contribution is 2.25. The molecule has 0 aliphatic carbocycles. The van der Waals surface area contributed by atoms with Crippen molar-refractivity contribution in [2.75, 3.05) is 12.4 Å². The van der Waals surface area contributed by atoms with Crippen LogP contribution in [0.25, 0.3) is 10.8 Å². The molecule has 0 saturated carbocycles. The summed E-state index contributed by atoms with van der Waals surface area (Å²) in [6, 6.07) is 14.5. The Bertz CT molecular complexity index is 763. The van der Waals surface area contributed by atoms with E-state index in [0.29, 0.717) is 0 Å². The number of aromatic nitrogens is 1. The Morgan fingerprint density at radius 3 is 2.90 bits per heavy atom. The molecule has 3 aromatic rings. The fourth-order valence-corrected chi connectivity index (χ4v) is 2.50. The maximum Gasteiger partial charge on any atom is 0.123 e. The third-order valence-electron chi connectivity index (χ3n) is 3.59. The number of nitrogens with zero attached hydrogens (tertiary/aromatic N) is 1. The Labute approximate surface area is 124 Å². The van der Waals surface area contributed by atoms with Gasteiger partial charge in [0.15, 0.2) is 0 Å². The summed E-state index contributed by atoms with van der Waals surface area (Å²) in [7, 11) is 1.70. The second-order valence-electron chi connectivity index (χ2n) is 5.07. The van der Waals surface area contributed by atoms with Crippen LogP contribution in [0.2, 0.25) is 0 Å². The molecule has 3 nitrogen and oxygen atoms in total. The molecule has 1 heterocycles. The van der Waals surface area contributed by atoms with E-state index in [-0.39, 0.29) is 0 Å². The molecule has 1 aromatic heterocycles. The first-order valence-electron chi connectivity index (χ1n) is 6.98. The number of pyridine rings is 1. The quantitative estimate of drug-likeness (QED) is 0.778. The van der Waals surface area contributed by atoms with Crippen molar-refractivity contribution in [1.82, 2.24) is 4.98 Å². The minimum atomic E-state index is 0.721. The van der Waals surface area contributed by atoms with E-state index in [2.05, 4.69) is 47.6 Å². The molecule has 0 saturated heterocycles. The van der Waals surface area contributed by atoms with Crippen LogP contribution in [-0.2, 0) is 6.54 Å². The van der Waals surface area contributed by atoms with E-state index in [0.717, 1.165) is 28.9 Å². The van der Waals surface area contributed by atoms with E-state index < -0.39 is 0 Å². The van der Waals surface area contributed by atoms with Crippen molar-refractivity contribution in [3.63, 3.8) is 0 Å². The number of benzene rings is 2. The molecule has 0 unspecified atom stereocenters. The molecule has 3 rings (SSSR count). The summed E-state index contributed by atoms with van der Waals surface area (Å²) in [6.45, 7) is 2.81. The van der Waals surface area contributed by atoms with E-state index in [4.69, 9.17) is 4.74 Å². The molecule has 0 spiro atoms. The van der Waals surface area contributed by atoms with Gasteiger partial charge in [-0.15, -0.1) is 0 Å². The molecule has 0 atom stereocenters. The molecule has 0 amide bonds. The second-order valence-corrected chi connectivity index (χ2v) is 5.07. The van der Waals surface area contributed by atoms with E-state index >= 15 is 0 Å². The van der Waals surface area contributed by atoms with Crippen LogP contribution in [0.4, 0.5) is 5.69 Å². The van der Waals surface area contributed by atoms with E-state index in [1.54, 1.807) is 7.11 Å². The summed E-state index contributed by atoms with van der Waals surface area (Å²) in [5.74, 6) is 0.909. The number of nitrogens with one attached hydrogen (secondary N) is 1. The summed E-state index contributed by atoms with van der Waals surface area (Å²) in [5, 5.41) is 5.80. The standard InChI is InChI=1S/C18H18N2O/c1-13-6-7-18(21-2)15(10-13)11-20-17-5-3-4-14-8-9-19-12-16(14)17/h3-10,12,20H,11H2,1-2H3. The molecule has 2 aromatic carbocycles. The predicted octanol–water partition coefficient (Wildman–Crippen LogP) is 4.16. The minimum Gasteiger partial charge on any atom is -0.496 e. The van der Waals surface area contributed by atoms with Crippen LogP contribution in [-0.4, -0.2) is 12.1 Å². The van der Waals surface area contributed by atoms with Crippen molar-refractivity contribution in [2.45, 2.75) is 13.5 Å². The van der Waals surface area contributed by atoms with Crippen LogP contribution >= 0.6 is 0 Å². The molecule has 1 N–H and O–H groups in total. The average Bonchev–Trinajstić information content (AvgIpc) is 2.53. The molecule has 0 aliphatic heterocycles. The number of ether oxygens (including phenoxy) is 1. The van der Waals surface area contributed by atoms with Crippen molar-refractivity contribution in [3.05, 3.63) is 66.0 Å². The molecule has 0 fully saturated rings.